The molecule has 1 atom stereocenters. The highest BCUT2D eigenvalue weighted by molar-refractivity contribution is 5.80. The number of nitrogens with zero attached hydrogens (tertiary/aromatic N) is 4. The van der Waals surface area contributed by atoms with E-state index in [2.05, 4.69) is 52.3 Å². The first-order chi connectivity index (χ1) is 14.6. The standard InChI is InChI=1S/C23H33FN6/c1-4-18(3)28-23(25-5-2)27-17-19-10-11-26-22(16-19)30-14-12-29(13-15-30)21-8-6-20(24)7-9-21/h6-11,16,18H,4-5,12-15,17H2,1-3H3,(H2,25,27,28). The van der Waals surface area contributed by atoms with E-state index in [1.54, 1.807) is 0 Å². The third kappa shape index (κ3) is 6.08. The van der Waals surface area contributed by atoms with Crippen molar-refractivity contribution in [2.45, 2.75) is 39.8 Å². The van der Waals surface area contributed by atoms with Gasteiger partial charge in [0.15, 0.2) is 5.96 Å². The van der Waals surface area contributed by atoms with E-state index in [0.29, 0.717) is 12.6 Å². The Morgan fingerprint density at radius 2 is 1.80 bits per heavy atom. The number of aliphatic imine (C=N–C) groups is 1. The highest BCUT2D eigenvalue weighted by Crippen LogP contribution is 2.20. The number of pyridine rings is 1. The summed E-state index contributed by atoms with van der Waals surface area (Å²) in [6.45, 7) is 11.4. The molecule has 0 bridgehead atoms. The maximum Gasteiger partial charge on any atom is 0.191 e. The molecule has 2 N–H and O–H groups in total. The van der Waals surface area contributed by atoms with Crippen LogP contribution in [0.5, 0.6) is 0 Å². The van der Waals surface area contributed by atoms with Crippen molar-refractivity contribution in [2.24, 2.45) is 4.99 Å². The second-order valence-corrected chi connectivity index (χ2v) is 7.62. The Kier molecular flexibility index (Phi) is 7.88. The maximum absolute atomic E-state index is 13.2. The molecular formula is C23H33FN6. The molecule has 1 aromatic carbocycles. The number of aromatic nitrogens is 1. The Morgan fingerprint density at radius 3 is 2.47 bits per heavy atom. The highest BCUT2D eigenvalue weighted by atomic mass is 19.1. The minimum Gasteiger partial charge on any atom is -0.368 e. The summed E-state index contributed by atoms with van der Waals surface area (Å²) in [5.41, 5.74) is 2.21. The predicted molar refractivity (Wildman–Crippen MR) is 123 cm³/mol. The van der Waals surface area contributed by atoms with Crippen LogP contribution in [-0.2, 0) is 6.54 Å². The molecular weight excluding hydrogens is 379 g/mol. The lowest BCUT2D eigenvalue weighted by atomic mass is 10.2. The smallest absolute Gasteiger partial charge is 0.191 e. The predicted octanol–water partition coefficient (Wildman–Crippen LogP) is 3.40. The SMILES string of the molecule is CCNC(=NCc1ccnc(N2CCN(c3ccc(F)cc3)CC2)c1)NC(C)CC. The van der Waals surface area contributed by atoms with Gasteiger partial charge in [0.1, 0.15) is 11.6 Å². The van der Waals surface area contributed by atoms with Crippen LogP contribution in [-0.4, -0.2) is 49.7 Å². The maximum atomic E-state index is 13.2. The zero-order chi connectivity index (χ0) is 21.3. The summed E-state index contributed by atoms with van der Waals surface area (Å²) >= 11 is 0. The van der Waals surface area contributed by atoms with E-state index in [-0.39, 0.29) is 5.82 Å². The van der Waals surface area contributed by atoms with E-state index >= 15 is 0 Å². The second kappa shape index (κ2) is 10.8. The van der Waals surface area contributed by atoms with Gasteiger partial charge in [0.05, 0.1) is 6.54 Å². The van der Waals surface area contributed by atoms with E-state index in [1.807, 2.05) is 24.4 Å². The number of hydrogen-bond donors (Lipinski definition) is 2. The van der Waals surface area contributed by atoms with Gasteiger partial charge in [-0.05, 0) is 62.2 Å². The first-order valence-corrected chi connectivity index (χ1v) is 10.8. The third-order valence-corrected chi connectivity index (χ3v) is 5.36. The van der Waals surface area contributed by atoms with Crippen LogP contribution in [0.4, 0.5) is 15.9 Å². The van der Waals surface area contributed by atoms with E-state index in [9.17, 15) is 4.39 Å². The molecule has 0 aliphatic carbocycles. The number of halogens is 1. The van der Waals surface area contributed by atoms with Gasteiger partial charge in [-0.3, -0.25) is 0 Å². The Morgan fingerprint density at radius 1 is 1.10 bits per heavy atom. The Hall–Kier alpha value is -2.83. The molecule has 30 heavy (non-hydrogen) atoms. The van der Waals surface area contributed by atoms with E-state index < -0.39 is 0 Å². The number of hydrogen-bond acceptors (Lipinski definition) is 4. The van der Waals surface area contributed by atoms with Crippen molar-refractivity contribution in [1.29, 1.82) is 0 Å². The molecule has 1 unspecified atom stereocenters. The molecule has 0 saturated carbocycles. The average molecular weight is 413 g/mol. The molecule has 0 radical (unpaired) electrons. The van der Waals surface area contributed by atoms with E-state index in [0.717, 1.165) is 62.2 Å². The summed E-state index contributed by atoms with van der Waals surface area (Å²) in [6, 6.07) is 11.3. The zero-order valence-electron chi connectivity index (χ0n) is 18.2. The van der Waals surface area contributed by atoms with E-state index in [1.165, 1.54) is 12.1 Å². The Labute approximate surface area is 179 Å². The van der Waals surface area contributed by atoms with Gasteiger partial charge in [0.2, 0.25) is 0 Å². The number of piperazine rings is 1. The molecule has 1 aliphatic heterocycles. The van der Waals surface area contributed by atoms with Crippen molar-refractivity contribution >= 4 is 17.5 Å². The van der Waals surface area contributed by atoms with Crippen LogP contribution in [0.3, 0.4) is 0 Å². The van der Waals surface area contributed by atoms with Crippen LogP contribution in [0.1, 0.15) is 32.8 Å². The lowest BCUT2D eigenvalue weighted by Crippen LogP contribution is -2.46. The van der Waals surface area contributed by atoms with Crippen molar-refractivity contribution in [3.05, 3.63) is 54.0 Å². The molecule has 1 aromatic heterocycles. The number of rotatable bonds is 7. The van der Waals surface area contributed by atoms with Gasteiger partial charge in [-0.2, -0.15) is 0 Å². The monoisotopic (exact) mass is 412 g/mol. The van der Waals surface area contributed by atoms with Crippen LogP contribution in [0.25, 0.3) is 0 Å². The van der Waals surface area contributed by atoms with Crippen molar-refractivity contribution in [2.75, 3.05) is 42.5 Å². The summed E-state index contributed by atoms with van der Waals surface area (Å²) in [5.74, 6) is 1.64. The highest BCUT2D eigenvalue weighted by Gasteiger charge is 2.18. The summed E-state index contributed by atoms with van der Waals surface area (Å²) in [4.78, 5) is 13.9. The van der Waals surface area contributed by atoms with Crippen molar-refractivity contribution in [3.63, 3.8) is 0 Å². The van der Waals surface area contributed by atoms with Crippen molar-refractivity contribution < 1.29 is 4.39 Å². The fraction of sp³-hybridized carbons (Fsp3) is 0.478. The summed E-state index contributed by atoms with van der Waals surface area (Å²) in [6.07, 6.45) is 2.91. The normalized spacial score (nSPS) is 15.8. The fourth-order valence-corrected chi connectivity index (χ4v) is 3.40. The minimum atomic E-state index is -0.197. The third-order valence-electron chi connectivity index (χ3n) is 5.36. The van der Waals surface area contributed by atoms with Gasteiger partial charge < -0.3 is 20.4 Å². The van der Waals surface area contributed by atoms with E-state index in [4.69, 9.17) is 4.99 Å². The van der Waals surface area contributed by atoms with Crippen molar-refractivity contribution in [1.82, 2.24) is 15.6 Å². The Balaban J connectivity index is 1.60. The zero-order valence-corrected chi connectivity index (χ0v) is 18.2. The summed E-state index contributed by atoms with van der Waals surface area (Å²) in [5, 5.41) is 6.73. The number of benzene rings is 1. The summed E-state index contributed by atoms with van der Waals surface area (Å²) < 4.78 is 13.2. The molecule has 1 aliphatic rings. The number of guanidine groups is 1. The van der Waals surface area contributed by atoms with Gasteiger partial charge in [-0.25, -0.2) is 14.4 Å². The van der Waals surface area contributed by atoms with Gasteiger partial charge in [-0.1, -0.05) is 6.92 Å². The molecule has 7 heteroatoms. The van der Waals surface area contributed by atoms with Crippen LogP contribution < -0.4 is 20.4 Å². The number of anilines is 2. The molecule has 2 heterocycles. The molecule has 0 amide bonds. The molecule has 162 valence electrons. The van der Waals surface area contributed by atoms with Crippen LogP contribution in [0.15, 0.2) is 47.6 Å². The van der Waals surface area contributed by atoms with Gasteiger partial charge in [0, 0.05) is 50.6 Å². The summed E-state index contributed by atoms with van der Waals surface area (Å²) in [7, 11) is 0. The van der Waals surface area contributed by atoms with Gasteiger partial charge >= 0.3 is 0 Å². The first-order valence-electron chi connectivity index (χ1n) is 10.8. The molecule has 1 fully saturated rings. The van der Waals surface area contributed by atoms with Crippen LogP contribution in [0.2, 0.25) is 0 Å². The van der Waals surface area contributed by atoms with Gasteiger partial charge in [0.25, 0.3) is 0 Å². The molecule has 3 rings (SSSR count). The minimum absolute atomic E-state index is 0.197. The average Bonchev–Trinajstić information content (AvgIpc) is 2.78. The molecule has 1 saturated heterocycles. The largest absolute Gasteiger partial charge is 0.368 e. The quantitative estimate of drug-likeness (QED) is 0.539. The first kappa shape index (κ1) is 21.9. The van der Waals surface area contributed by atoms with Gasteiger partial charge in [-0.15, -0.1) is 0 Å². The lowest BCUT2D eigenvalue weighted by molar-refractivity contribution is 0.623. The number of nitrogens with one attached hydrogen (secondary N) is 2. The van der Waals surface area contributed by atoms with Crippen molar-refractivity contribution in [3.8, 4) is 0 Å². The molecule has 6 nitrogen and oxygen atoms in total. The second-order valence-electron chi connectivity index (χ2n) is 7.62. The van der Waals surface area contributed by atoms with Crippen LogP contribution in [0, 0.1) is 5.82 Å². The fourth-order valence-electron chi connectivity index (χ4n) is 3.40. The van der Waals surface area contributed by atoms with Crippen LogP contribution >= 0.6 is 0 Å². The molecule has 2 aromatic rings. The topological polar surface area (TPSA) is 55.8 Å². The lowest BCUT2D eigenvalue weighted by Gasteiger charge is -2.36. The Bertz CT molecular complexity index is 815. The molecule has 0 spiro atoms.